The fourth-order valence-electron chi connectivity index (χ4n) is 1.99. The van der Waals surface area contributed by atoms with Gasteiger partial charge in [0.2, 0.25) is 0 Å². The summed E-state index contributed by atoms with van der Waals surface area (Å²) in [5.74, 6) is 0. The molecule has 2 aromatic carbocycles. The maximum atomic E-state index is 8.94. The molecule has 0 spiro atoms. The first-order valence-corrected chi connectivity index (χ1v) is 6.61. The van der Waals surface area contributed by atoms with Gasteiger partial charge in [0.1, 0.15) is 0 Å². The molecule has 3 heteroatoms. The van der Waals surface area contributed by atoms with Crippen LogP contribution >= 0.6 is 0 Å². The van der Waals surface area contributed by atoms with Gasteiger partial charge in [0.25, 0.3) is 0 Å². The lowest BCUT2D eigenvalue weighted by atomic mass is 10.1. The molecule has 0 bridgehead atoms. The summed E-state index contributed by atoms with van der Waals surface area (Å²) in [6.45, 7) is 2.79. The number of nitriles is 1. The zero-order chi connectivity index (χ0) is 14.5. The van der Waals surface area contributed by atoms with Crippen LogP contribution in [0.15, 0.2) is 42.5 Å². The Labute approximate surface area is 120 Å². The molecule has 1 N–H and O–H groups in total. The zero-order valence-electron chi connectivity index (χ0n) is 12.1. The van der Waals surface area contributed by atoms with Gasteiger partial charge in [-0.05, 0) is 42.3 Å². The van der Waals surface area contributed by atoms with E-state index in [2.05, 4.69) is 40.6 Å². The highest BCUT2D eigenvalue weighted by Crippen LogP contribution is 2.18. The molecular weight excluding hydrogens is 246 g/mol. The van der Waals surface area contributed by atoms with E-state index in [4.69, 9.17) is 5.26 Å². The van der Waals surface area contributed by atoms with Crippen molar-refractivity contribution in [3.63, 3.8) is 0 Å². The molecule has 0 aromatic heterocycles. The van der Waals surface area contributed by atoms with Crippen LogP contribution in [-0.2, 0) is 6.54 Å². The van der Waals surface area contributed by atoms with Crippen molar-refractivity contribution in [3.8, 4) is 6.07 Å². The molecule has 0 aliphatic heterocycles. The van der Waals surface area contributed by atoms with Crippen molar-refractivity contribution < 1.29 is 0 Å². The summed E-state index contributed by atoms with van der Waals surface area (Å²) in [7, 11) is 4.06. The van der Waals surface area contributed by atoms with E-state index >= 15 is 0 Å². The van der Waals surface area contributed by atoms with E-state index in [1.807, 2.05) is 39.2 Å². The van der Waals surface area contributed by atoms with E-state index in [1.165, 1.54) is 11.3 Å². The van der Waals surface area contributed by atoms with Crippen LogP contribution < -0.4 is 10.2 Å². The molecule has 2 aromatic rings. The number of benzene rings is 2. The molecule has 0 amide bonds. The first-order valence-electron chi connectivity index (χ1n) is 6.61. The Balaban J connectivity index is 2.07. The van der Waals surface area contributed by atoms with Crippen LogP contribution in [0.3, 0.4) is 0 Å². The van der Waals surface area contributed by atoms with Crippen molar-refractivity contribution in [1.82, 2.24) is 0 Å². The van der Waals surface area contributed by atoms with E-state index in [9.17, 15) is 0 Å². The summed E-state index contributed by atoms with van der Waals surface area (Å²) in [5, 5.41) is 12.3. The second kappa shape index (κ2) is 6.12. The van der Waals surface area contributed by atoms with Crippen molar-refractivity contribution in [2.75, 3.05) is 24.3 Å². The highest BCUT2D eigenvalue weighted by Gasteiger charge is 2.01. The smallest absolute Gasteiger partial charge is 0.0992 e. The van der Waals surface area contributed by atoms with E-state index in [0.717, 1.165) is 17.8 Å². The van der Waals surface area contributed by atoms with Gasteiger partial charge in [0.15, 0.2) is 0 Å². The highest BCUT2D eigenvalue weighted by atomic mass is 15.1. The van der Waals surface area contributed by atoms with Gasteiger partial charge in [-0.25, -0.2) is 0 Å². The van der Waals surface area contributed by atoms with Crippen molar-refractivity contribution in [2.45, 2.75) is 13.5 Å². The maximum absolute atomic E-state index is 8.94. The van der Waals surface area contributed by atoms with E-state index in [0.29, 0.717) is 5.56 Å². The minimum Gasteiger partial charge on any atom is -0.381 e. The lowest BCUT2D eigenvalue weighted by molar-refractivity contribution is 1.11. The van der Waals surface area contributed by atoms with Crippen LogP contribution in [0.2, 0.25) is 0 Å². The SMILES string of the molecule is Cc1ccc(C#N)cc1NCc1ccc(N(C)C)cc1. The van der Waals surface area contributed by atoms with Crippen LogP contribution in [0, 0.1) is 18.3 Å². The van der Waals surface area contributed by atoms with Crippen molar-refractivity contribution in [3.05, 3.63) is 59.2 Å². The van der Waals surface area contributed by atoms with Crippen LogP contribution in [0.25, 0.3) is 0 Å². The van der Waals surface area contributed by atoms with Gasteiger partial charge in [0.05, 0.1) is 11.6 Å². The van der Waals surface area contributed by atoms with E-state index < -0.39 is 0 Å². The van der Waals surface area contributed by atoms with Gasteiger partial charge < -0.3 is 10.2 Å². The first-order chi connectivity index (χ1) is 9.60. The number of hydrogen-bond donors (Lipinski definition) is 1. The predicted molar refractivity (Wildman–Crippen MR) is 84.0 cm³/mol. The third kappa shape index (κ3) is 3.30. The molecule has 0 atom stereocenters. The lowest BCUT2D eigenvalue weighted by Gasteiger charge is -2.14. The minimum atomic E-state index is 0.682. The monoisotopic (exact) mass is 265 g/mol. The molecule has 0 unspecified atom stereocenters. The molecule has 2 rings (SSSR count). The number of anilines is 2. The Morgan fingerprint density at radius 3 is 2.40 bits per heavy atom. The van der Waals surface area contributed by atoms with Crippen LogP contribution in [0.5, 0.6) is 0 Å². The zero-order valence-corrected chi connectivity index (χ0v) is 12.1. The Hall–Kier alpha value is -2.47. The summed E-state index contributed by atoms with van der Waals surface area (Å²) >= 11 is 0. The van der Waals surface area contributed by atoms with Crippen molar-refractivity contribution in [2.24, 2.45) is 0 Å². The largest absolute Gasteiger partial charge is 0.381 e. The molecule has 0 fully saturated rings. The molecule has 0 heterocycles. The fourth-order valence-corrected chi connectivity index (χ4v) is 1.99. The molecule has 0 aliphatic carbocycles. The predicted octanol–water partition coefficient (Wildman–Crippen LogP) is 3.54. The Morgan fingerprint density at radius 1 is 1.10 bits per heavy atom. The number of nitrogens with zero attached hydrogens (tertiary/aromatic N) is 2. The van der Waals surface area contributed by atoms with Gasteiger partial charge in [0, 0.05) is 32.0 Å². The number of hydrogen-bond acceptors (Lipinski definition) is 3. The van der Waals surface area contributed by atoms with Gasteiger partial charge in [-0.3, -0.25) is 0 Å². The molecule has 0 saturated carbocycles. The van der Waals surface area contributed by atoms with Gasteiger partial charge >= 0.3 is 0 Å². The minimum absolute atomic E-state index is 0.682. The number of rotatable bonds is 4. The maximum Gasteiger partial charge on any atom is 0.0992 e. The first kappa shape index (κ1) is 14.0. The standard InChI is InChI=1S/C17H19N3/c1-13-4-5-15(11-18)10-17(13)19-12-14-6-8-16(9-7-14)20(2)3/h4-10,19H,12H2,1-3H3. The Bertz CT molecular complexity index is 622. The molecular formula is C17H19N3. The number of aryl methyl sites for hydroxylation is 1. The molecule has 0 aliphatic rings. The number of nitrogens with one attached hydrogen (secondary N) is 1. The van der Waals surface area contributed by atoms with Crippen LogP contribution in [0.1, 0.15) is 16.7 Å². The van der Waals surface area contributed by atoms with Crippen LogP contribution in [-0.4, -0.2) is 14.1 Å². The fraction of sp³-hybridized carbons (Fsp3) is 0.235. The highest BCUT2D eigenvalue weighted by molar-refractivity contribution is 5.55. The van der Waals surface area contributed by atoms with E-state index in [1.54, 1.807) is 0 Å². The molecule has 0 saturated heterocycles. The molecule has 3 nitrogen and oxygen atoms in total. The Morgan fingerprint density at radius 2 is 1.80 bits per heavy atom. The quantitative estimate of drug-likeness (QED) is 0.919. The van der Waals surface area contributed by atoms with Crippen molar-refractivity contribution >= 4 is 11.4 Å². The van der Waals surface area contributed by atoms with Gasteiger partial charge in [-0.2, -0.15) is 5.26 Å². The molecule has 20 heavy (non-hydrogen) atoms. The van der Waals surface area contributed by atoms with Crippen LogP contribution in [0.4, 0.5) is 11.4 Å². The average molecular weight is 265 g/mol. The summed E-state index contributed by atoms with van der Waals surface area (Å²) in [6, 6.07) is 16.3. The van der Waals surface area contributed by atoms with Gasteiger partial charge in [-0.1, -0.05) is 18.2 Å². The lowest BCUT2D eigenvalue weighted by Crippen LogP contribution is -2.08. The summed E-state index contributed by atoms with van der Waals surface area (Å²) in [6.07, 6.45) is 0. The summed E-state index contributed by atoms with van der Waals surface area (Å²) < 4.78 is 0. The third-order valence-corrected chi connectivity index (χ3v) is 3.30. The second-order valence-electron chi connectivity index (χ2n) is 5.06. The topological polar surface area (TPSA) is 39.1 Å². The Kier molecular flexibility index (Phi) is 4.27. The third-order valence-electron chi connectivity index (χ3n) is 3.30. The van der Waals surface area contributed by atoms with Gasteiger partial charge in [-0.15, -0.1) is 0 Å². The van der Waals surface area contributed by atoms with Crippen molar-refractivity contribution in [1.29, 1.82) is 5.26 Å². The molecule has 0 radical (unpaired) electrons. The summed E-state index contributed by atoms with van der Waals surface area (Å²) in [4.78, 5) is 2.08. The second-order valence-corrected chi connectivity index (χ2v) is 5.06. The normalized spacial score (nSPS) is 9.90. The molecule has 102 valence electrons. The summed E-state index contributed by atoms with van der Waals surface area (Å²) in [5.41, 5.74) is 5.25. The van der Waals surface area contributed by atoms with E-state index in [-0.39, 0.29) is 0 Å². The average Bonchev–Trinajstić information content (AvgIpc) is 2.47.